The molecule has 7 heteroatoms. The van der Waals surface area contributed by atoms with Crippen LogP contribution in [0, 0.1) is 6.92 Å². The molecular formula is C24H21N5O2. The van der Waals surface area contributed by atoms with Gasteiger partial charge in [0.15, 0.2) is 0 Å². The molecule has 0 saturated carbocycles. The Kier molecular flexibility index (Phi) is 4.71. The molecule has 0 spiro atoms. The first-order valence-electron chi connectivity index (χ1n) is 10.1. The molecule has 2 aromatic carbocycles. The lowest BCUT2D eigenvalue weighted by atomic mass is 10.1. The van der Waals surface area contributed by atoms with Crippen molar-refractivity contribution >= 4 is 16.7 Å². The van der Waals surface area contributed by atoms with E-state index in [0.717, 1.165) is 17.7 Å². The summed E-state index contributed by atoms with van der Waals surface area (Å²) in [6.45, 7) is 2.39. The Balaban J connectivity index is 1.71. The zero-order valence-corrected chi connectivity index (χ0v) is 17.3. The van der Waals surface area contributed by atoms with Crippen LogP contribution in [-0.2, 0) is 13.0 Å². The van der Waals surface area contributed by atoms with Gasteiger partial charge in [0.1, 0.15) is 11.6 Å². The third kappa shape index (κ3) is 3.44. The summed E-state index contributed by atoms with van der Waals surface area (Å²) in [6, 6.07) is 19.6. The number of nitrogens with zero attached hydrogens (tertiary/aromatic N) is 5. The molecule has 0 aliphatic rings. The van der Waals surface area contributed by atoms with Crippen molar-refractivity contribution < 1.29 is 4.74 Å². The minimum absolute atomic E-state index is 0.0956. The number of pyridine rings is 1. The van der Waals surface area contributed by atoms with Crippen molar-refractivity contribution in [2.45, 2.75) is 19.9 Å². The number of hydrogen-bond donors (Lipinski definition) is 0. The van der Waals surface area contributed by atoms with E-state index in [2.05, 4.69) is 27.2 Å². The Labute approximate surface area is 178 Å². The summed E-state index contributed by atoms with van der Waals surface area (Å²) in [7, 11) is 1.63. The highest BCUT2D eigenvalue weighted by Crippen LogP contribution is 2.27. The Hall–Kier alpha value is -4.00. The third-order valence-electron chi connectivity index (χ3n) is 5.36. The highest BCUT2D eigenvalue weighted by molar-refractivity contribution is 5.93. The molecule has 0 bridgehead atoms. The van der Waals surface area contributed by atoms with Gasteiger partial charge in [-0.3, -0.25) is 4.79 Å². The zero-order valence-electron chi connectivity index (χ0n) is 17.3. The Morgan fingerprint density at radius 2 is 1.74 bits per heavy atom. The van der Waals surface area contributed by atoms with Gasteiger partial charge < -0.3 is 9.30 Å². The van der Waals surface area contributed by atoms with Gasteiger partial charge in [0.05, 0.1) is 23.7 Å². The van der Waals surface area contributed by atoms with Crippen molar-refractivity contribution in [3.8, 4) is 17.0 Å². The number of fused-ring (bicyclic) bond motifs is 2. The average molecular weight is 411 g/mol. The number of methoxy groups -OCH3 is 1. The van der Waals surface area contributed by atoms with Crippen LogP contribution in [0.4, 0.5) is 0 Å². The minimum atomic E-state index is -0.0956. The van der Waals surface area contributed by atoms with Crippen LogP contribution in [0.25, 0.3) is 27.9 Å². The molecule has 0 radical (unpaired) electrons. The van der Waals surface area contributed by atoms with Crippen molar-refractivity contribution in [1.82, 2.24) is 24.1 Å². The van der Waals surface area contributed by atoms with Gasteiger partial charge >= 0.3 is 0 Å². The van der Waals surface area contributed by atoms with Gasteiger partial charge in [0, 0.05) is 18.3 Å². The van der Waals surface area contributed by atoms with Gasteiger partial charge in [-0.05, 0) is 49.2 Å². The van der Waals surface area contributed by atoms with Crippen LogP contribution in [-0.4, -0.2) is 31.3 Å². The predicted molar refractivity (Wildman–Crippen MR) is 119 cm³/mol. The van der Waals surface area contributed by atoms with Crippen LogP contribution in [0.5, 0.6) is 5.75 Å². The predicted octanol–water partition coefficient (Wildman–Crippen LogP) is 3.67. The second-order valence-electron chi connectivity index (χ2n) is 7.37. The van der Waals surface area contributed by atoms with Crippen LogP contribution in [0.15, 0.2) is 71.7 Å². The second kappa shape index (κ2) is 7.68. The lowest BCUT2D eigenvalue weighted by molar-refractivity contribution is 0.415. The molecule has 0 amide bonds. The number of aromatic nitrogens is 5. The molecule has 5 rings (SSSR count). The topological polar surface area (TPSA) is 74.3 Å². The van der Waals surface area contributed by atoms with Crippen molar-refractivity contribution in [1.29, 1.82) is 0 Å². The molecule has 0 aliphatic carbocycles. The van der Waals surface area contributed by atoms with E-state index in [9.17, 15) is 4.79 Å². The molecule has 3 heterocycles. The van der Waals surface area contributed by atoms with E-state index in [1.807, 2.05) is 55.5 Å². The van der Waals surface area contributed by atoms with Gasteiger partial charge in [-0.2, -0.15) is 9.50 Å². The van der Waals surface area contributed by atoms with E-state index in [4.69, 9.17) is 4.74 Å². The molecule has 5 aromatic rings. The van der Waals surface area contributed by atoms with E-state index < -0.39 is 0 Å². The maximum atomic E-state index is 13.6. The van der Waals surface area contributed by atoms with Crippen molar-refractivity contribution in [3.63, 3.8) is 0 Å². The summed E-state index contributed by atoms with van der Waals surface area (Å²) in [5.74, 6) is 1.81. The molecule has 0 N–H and O–H groups in total. The van der Waals surface area contributed by atoms with Gasteiger partial charge in [-0.15, -0.1) is 5.10 Å². The summed E-state index contributed by atoms with van der Waals surface area (Å²) in [5, 5.41) is 5.04. The zero-order chi connectivity index (χ0) is 21.4. The maximum absolute atomic E-state index is 13.6. The van der Waals surface area contributed by atoms with E-state index in [1.54, 1.807) is 22.4 Å². The van der Waals surface area contributed by atoms with Gasteiger partial charge in [0.25, 0.3) is 11.3 Å². The summed E-state index contributed by atoms with van der Waals surface area (Å²) in [4.78, 5) is 22.6. The molecular weight excluding hydrogens is 390 g/mol. The molecule has 31 heavy (non-hydrogen) atoms. The SMILES string of the molecule is COc1ccc(-c2c3c(=O)n(CCc4ccccc4)ccc3nc3nc(C)nn23)cc1. The summed E-state index contributed by atoms with van der Waals surface area (Å²) < 4.78 is 8.68. The number of ether oxygens (including phenoxy) is 1. The molecule has 0 unspecified atom stereocenters. The first-order chi connectivity index (χ1) is 15.1. The smallest absolute Gasteiger partial charge is 0.262 e. The van der Waals surface area contributed by atoms with Crippen molar-refractivity contribution in [2.75, 3.05) is 7.11 Å². The molecule has 3 aromatic heterocycles. The highest BCUT2D eigenvalue weighted by Gasteiger charge is 2.18. The standard InChI is InChI=1S/C24H21N5O2/c1-16-25-24-26-20-13-15-28(14-12-17-6-4-3-5-7-17)23(30)21(20)22(29(24)27-16)18-8-10-19(31-2)11-9-18/h3-11,13,15H,12,14H2,1-2H3. The lowest BCUT2D eigenvalue weighted by Gasteiger charge is -2.12. The van der Waals surface area contributed by atoms with Gasteiger partial charge in [-0.1, -0.05) is 30.3 Å². The van der Waals surface area contributed by atoms with Crippen LogP contribution >= 0.6 is 0 Å². The normalized spacial score (nSPS) is 11.3. The summed E-state index contributed by atoms with van der Waals surface area (Å²) in [6.07, 6.45) is 2.57. The molecule has 7 nitrogen and oxygen atoms in total. The second-order valence-corrected chi connectivity index (χ2v) is 7.37. The molecule has 0 fully saturated rings. The van der Waals surface area contributed by atoms with Crippen LogP contribution < -0.4 is 10.3 Å². The fourth-order valence-corrected chi connectivity index (χ4v) is 3.81. The first-order valence-corrected chi connectivity index (χ1v) is 10.1. The number of benzene rings is 2. The minimum Gasteiger partial charge on any atom is -0.497 e. The van der Waals surface area contributed by atoms with E-state index in [1.165, 1.54) is 5.56 Å². The van der Waals surface area contributed by atoms with Gasteiger partial charge in [-0.25, -0.2) is 4.98 Å². The molecule has 154 valence electrons. The number of rotatable bonds is 5. The maximum Gasteiger partial charge on any atom is 0.262 e. The average Bonchev–Trinajstić information content (AvgIpc) is 3.17. The van der Waals surface area contributed by atoms with Crippen molar-refractivity contribution in [3.05, 3.63) is 88.6 Å². The van der Waals surface area contributed by atoms with E-state index in [0.29, 0.717) is 34.7 Å². The van der Waals surface area contributed by atoms with Crippen molar-refractivity contribution in [2.24, 2.45) is 0 Å². The highest BCUT2D eigenvalue weighted by atomic mass is 16.5. The van der Waals surface area contributed by atoms with E-state index >= 15 is 0 Å². The Morgan fingerprint density at radius 1 is 0.968 bits per heavy atom. The number of hydrogen-bond acceptors (Lipinski definition) is 5. The first kappa shape index (κ1) is 19.0. The lowest BCUT2D eigenvalue weighted by Crippen LogP contribution is -2.22. The fraction of sp³-hybridized carbons (Fsp3) is 0.167. The molecule has 0 aliphatic heterocycles. The molecule has 0 saturated heterocycles. The number of aryl methyl sites for hydroxylation is 3. The van der Waals surface area contributed by atoms with E-state index in [-0.39, 0.29) is 5.56 Å². The molecule has 0 atom stereocenters. The van der Waals surface area contributed by atoms with Crippen LogP contribution in [0.2, 0.25) is 0 Å². The fourth-order valence-electron chi connectivity index (χ4n) is 3.81. The Morgan fingerprint density at radius 3 is 2.48 bits per heavy atom. The monoisotopic (exact) mass is 411 g/mol. The largest absolute Gasteiger partial charge is 0.497 e. The third-order valence-corrected chi connectivity index (χ3v) is 5.36. The Bertz CT molecular complexity index is 1440. The van der Waals surface area contributed by atoms with Crippen LogP contribution in [0.1, 0.15) is 11.4 Å². The van der Waals surface area contributed by atoms with Crippen LogP contribution in [0.3, 0.4) is 0 Å². The summed E-state index contributed by atoms with van der Waals surface area (Å²) >= 11 is 0. The van der Waals surface area contributed by atoms with Gasteiger partial charge in [0.2, 0.25) is 0 Å². The quantitative estimate of drug-likeness (QED) is 0.441. The summed E-state index contributed by atoms with van der Waals surface area (Å²) in [5.41, 5.74) is 3.22.